The van der Waals surface area contributed by atoms with Crippen molar-refractivity contribution in [3.8, 4) is 0 Å². The predicted octanol–water partition coefficient (Wildman–Crippen LogP) is 4.41. The normalized spacial score (nSPS) is 17.6. The number of hydrazine groups is 1. The SMILES string of the molecule is CC(=O)O[C@H](C)C(=O)N(CC(C)C)NC(=O)[C@H](CC(C)C)[C@H](CC=Cc1ccccc1)C(=O)NOC1CCCCO1. The second-order valence-corrected chi connectivity index (χ2v) is 11.3. The van der Waals surface area contributed by atoms with E-state index in [1.165, 1.54) is 18.9 Å². The number of carbonyl (C=O) groups excluding carboxylic acids is 4. The van der Waals surface area contributed by atoms with Crippen molar-refractivity contribution in [2.75, 3.05) is 13.2 Å². The molecule has 1 fully saturated rings. The molecule has 1 aromatic carbocycles. The van der Waals surface area contributed by atoms with E-state index < -0.39 is 47.9 Å². The van der Waals surface area contributed by atoms with Crippen LogP contribution in [0.25, 0.3) is 6.08 Å². The minimum atomic E-state index is -1.08. The van der Waals surface area contributed by atoms with Crippen LogP contribution in [-0.2, 0) is 33.5 Å². The van der Waals surface area contributed by atoms with E-state index in [0.29, 0.717) is 19.4 Å². The Morgan fingerprint density at radius 2 is 1.71 bits per heavy atom. The van der Waals surface area contributed by atoms with Crippen molar-refractivity contribution in [2.24, 2.45) is 23.7 Å². The molecule has 3 amide bonds. The van der Waals surface area contributed by atoms with Gasteiger partial charge in [0.05, 0.1) is 11.8 Å². The van der Waals surface area contributed by atoms with E-state index in [9.17, 15) is 19.2 Å². The molecule has 41 heavy (non-hydrogen) atoms. The van der Waals surface area contributed by atoms with Gasteiger partial charge in [-0.25, -0.2) is 10.3 Å². The average Bonchev–Trinajstić information content (AvgIpc) is 2.92. The van der Waals surface area contributed by atoms with E-state index in [1.54, 1.807) is 0 Å². The Hall–Kier alpha value is -3.24. The molecule has 1 aliphatic heterocycles. The summed E-state index contributed by atoms with van der Waals surface area (Å²) >= 11 is 0. The largest absolute Gasteiger partial charge is 0.453 e. The number of hydrogen-bond acceptors (Lipinski definition) is 7. The number of esters is 1. The van der Waals surface area contributed by atoms with Gasteiger partial charge in [-0.2, -0.15) is 0 Å². The number of benzene rings is 1. The molecular weight excluding hydrogens is 526 g/mol. The molecule has 4 atom stereocenters. The van der Waals surface area contributed by atoms with Gasteiger partial charge in [0.1, 0.15) is 0 Å². The van der Waals surface area contributed by atoms with Gasteiger partial charge in [0.15, 0.2) is 12.4 Å². The van der Waals surface area contributed by atoms with Crippen LogP contribution in [-0.4, -0.2) is 54.2 Å². The summed E-state index contributed by atoms with van der Waals surface area (Å²) in [5, 5.41) is 1.19. The first-order valence-electron chi connectivity index (χ1n) is 14.6. The highest BCUT2D eigenvalue weighted by Gasteiger charge is 2.36. The van der Waals surface area contributed by atoms with Crippen LogP contribution < -0.4 is 10.9 Å². The molecule has 1 heterocycles. The van der Waals surface area contributed by atoms with E-state index in [1.807, 2.05) is 70.2 Å². The van der Waals surface area contributed by atoms with E-state index in [-0.39, 0.29) is 24.8 Å². The Balaban J connectivity index is 2.30. The maximum absolute atomic E-state index is 13.8. The minimum Gasteiger partial charge on any atom is -0.453 e. The maximum atomic E-state index is 13.8. The molecule has 1 unspecified atom stereocenters. The summed E-state index contributed by atoms with van der Waals surface area (Å²) in [6, 6.07) is 9.68. The summed E-state index contributed by atoms with van der Waals surface area (Å²) in [6.07, 6.45) is 5.38. The van der Waals surface area contributed by atoms with Crippen molar-refractivity contribution in [1.29, 1.82) is 0 Å². The zero-order valence-electron chi connectivity index (χ0n) is 25.3. The maximum Gasteiger partial charge on any atom is 0.303 e. The lowest BCUT2D eigenvalue weighted by atomic mass is 9.82. The third kappa shape index (κ3) is 12.4. The Morgan fingerprint density at radius 3 is 2.29 bits per heavy atom. The van der Waals surface area contributed by atoms with Crippen molar-refractivity contribution in [2.45, 2.75) is 86.0 Å². The highest BCUT2D eigenvalue weighted by molar-refractivity contribution is 5.90. The van der Waals surface area contributed by atoms with Crippen LogP contribution >= 0.6 is 0 Å². The molecule has 2 rings (SSSR count). The number of allylic oxidation sites excluding steroid dienone is 1. The molecule has 0 saturated carbocycles. The van der Waals surface area contributed by atoms with Gasteiger partial charge in [0.2, 0.25) is 11.8 Å². The van der Waals surface area contributed by atoms with Gasteiger partial charge < -0.3 is 9.47 Å². The molecule has 0 radical (unpaired) electrons. The fourth-order valence-electron chi connectivity index (χ4n) is 4.63. The first-order chi connectivity index (χ1) is 19.5. The van der Waals surface area contributed by atoms with Crippen LogP contribution in [0.3, 0.4) is 0 Å². The molecule has 0 spiro atoms. The van der Waals surface area contributed by atoms with Gasteiger partial charge in [-0.15, -0.1) is 0 Å². The number of amides is 3. The van der Waals surface area contributed by atoms with Gasteiger partial charge in [-0.3, -0.25) is 29.6 Å². The van der Waals surface area contributed by atoms with Gasteiger partial charge >= 0.3 is 5.97 Å². The van der Waals surface area contributed by atoms with Crippen molar-refractivity contribution in [3.63, 3.8) is 0 Å². The van der Waals surface area contributed by atoms with Crippen LogP contribution in [0.1, 0.15) is 79.2 Å². The zero-order valence-corrected chi connectivity index (χ0v) is 25.3. The Kier molecular flexibility index (Phi) is 14.5. The number of hydroxylamine groups is 1. The summed E-state index contributed by atoms with van der Waals surface area (Å²) < 4.78 is 10.6. The highest BCUT2D eigenvalue weighted by atomic mass is 16.8. The second-order valence-electron chi connectivity index (χ2n) is 11.3. The fraction of sp³-hybridized carbons (Fsp3) is 0.613. The smallest absolute Gasteiger partial charge is 0.303 e. The Labute approximate surface area is 244 Å². The van der Waals surface area contributed by atoms with Crippen molar-refractivity contribution in [3.05, 3.63) is 42.0 Å². The summed E-state index contributed by atoms with van der Waals surface area (Å²) in [5.74, 6) is -3.52. The van der Waals surface area contributed by atoms with Gasteiger partial charge in [0.25, 0.3) is 5.91 Å². The van der Waals surface area contributed by atoms with Crippen molar-refractivity contribution >= 4 is 29.8 Å². The molecule has 0 aliphatic carbocycles. The van der Waals surface area contributed by atoms with Crippen molar-refractivity contribution in [1.82, 2.24) is 15.9 Å². The monoisotopic (exact) mass is 573 g/mol. The molecule has 10 heteroatoms. The number of nitrogens with zero attached hydrogens (tertiary/aromatic N) is 1. The second kappa shape index (κ2) is 17.5. The Morgan fingerprint density at radius 1 is 1.00 bits per heavy atom. The summed E-state index contributed by atoms with van der Waals surface area (Å²) in [6.45, 7) is 11.2. The highest BCUT2D eigenvalue weighted by Crippen LogP contribution is 2.26. The van der Waals surface area contributed by atoms with E-state index in [0.717, 1.165) is 18.4 Å². The van der Waals surface area contributed by atoms with Gasteiger partial charge in [0, 0.05) is 26.5 Å². The van der Waals surface area contributed by atoms with Crippen LogP contribution in [0.2, 0.25) is 0 Å². The molecule has 0 aromatic heterocycles. The number of rotatable bonds is 14. The summed E-state index contributed by atoms with van der Waals surface area (Å²) in [7, 11) is 0. The topological polar surface area (TPSA) is 123 Å². The zero-order chi connectivity index (χ0) is 30.4. The minimum absolute atomic E-state index is 0.0177. The molecular formula is C31H47N3O7. The summed E-state index contributed by atoms with van der Waals surface area (Å²) in [5.41, 5.74) is 6.25. The predicted molar refractivity (Wildman–Crippen MR) is 155 cm³/mol. The Bertz CT molecular complexity index is 1010. The molecule has 10 nitrogen and oxygen atoms in total. The lowest BCUT2D eigenvalue weighted by Gasteiger charge is -2.32. The average molecular weight is 574 g/mol. The van der Waals surface area contributed by atoms with Gasteiger partial charge in [-0.1, -0.05) is 70.2 Å². The number of nitrogens with one attached hydrogen (secondary N) is 2. The van der Waals surface area contributed by atoms with E-state index in [2.05, 4.69) is 10.9 Å². The van der Waals surface area contributed by atoms with Crippen LogP contribution in [0.5, 0.6) is 0 Å². The first kappa shape index (κ1) is 34.0. The van der Waals surface area contributed by atoms with Crippen LogP contribution in [0, 0.1) is 23.7 Å². The first-order valence-corrected chi connectivity index (χ1v) is 14.6. The van der Waals surface area contributed by atoms with E-state index >= 15 is 0 Å². The molecule has 228 valence electrons. The standard InChI is InChI=1S/C31H47N3O7/c1-21(2)19-27(29(36)32-34(20-22(3)4)31(38)23(5)40-24(6)35)26(16-12-15-25-13-8-7-9-14-25)30(37)33-41-28-17-10-11-18-39-28/h7-9,12-15,21-23,26-28H,10-11,16-20H2,1-6H3,(H,32,36)(H,33,37)/t23-,26+,27-,28?/m1/s1. The molecule has 0 bridgehead atoms. The van der Waals surface area contributed by atoms with Crippen LogP contribution in [0.4, 0.5) is 0 Å². The quantitative estimate of drug-likeness (QED) is 0.250. The fourth-order valence-corrected chi connectivity index (χ4v) is 4.63. The van der Waals surface area contributed by atoms with Crippen molar-refractivity contribution < 1.29 is 33.5 Å². The molecule has 1 saturated heterocycles. The number of ether oxygens (including phenoxy) is 2. The lowest BCUT2D eigenvalue weighted by molar-refractivity contribution is -0.203. The van der Waals surface area contributed by atoms with Crippen LogP contribution in [0.15, 0.2) is 36.4 Å². The third-order valence-electron chi connectivity index (χ3n) is 6.56. The summed E-state index contributed by atoms with van der Waals surface area (Å²) in [4.78, 5) is 57.5. The molecule has 1 aromatic rings. The number of carbonyl (C=O) groups is 4. The molecule has 1 aliphatic rings. The lowest BCUT2D eigenvalue weighted by Crippen LogP contribution is -2.55. The van der Waals surface area contributed by atoms with Gasteiger partial charge in [-0.05, 0) is 50.0 Å². The molecule has 2 N–H and O–H groups in total. The van der Waals surface area contributed by atoms with E-state index in [4.69, 9.17) is 14.3 Å². The number of hydrogen-bond donors (Lipinski definition) is 2. The third-order valence-corrected chi connectivity index (χ3v) is 6.56.